The van der Waals surface area contributed by atoms with E-state index in [0.717, 1.165) is 24.0 Å². The molecule has 1 rings (SSSR count). The van der Waals surface area contributed by atoms with Crippen LogP contribution < -0.4 is 0 Å². The first-order valence-corrected chi connectivity index (χ1v) is 7.26. The molecule has 0 bridgehead atoms. The van der Waals surface area contributed by atoms with Gasteiger partial charge in [-0.25, -0.2) is 0 Å². The van der Waals surface area contributed by atoms with Gasteiger partial charge in [-0.15, -0.1) is 0 Å². The van der Waals surface area contributed by atoms with Crippen molar-refractivity contribution in [2.75, 3.05) is 6.54 Å². The number of rotatable bonds is 8. The van der Waals surface area contributed by atoms with Crippen LogP contribution >= 0.6 is 0 Å². The highest BCUT2D eigenvalue weighted by atomic mass is 16.2. The van der Waals surface area contributed by atoms with Crippen LogP contribution in [0.3, 0.4) is 0 Å². The maximum Gasteiger partial charge on any atom is 0.258 e. The van der Waals surface area contributed by atoms with E-state index in [1.54, 1.807) is 11.1 Å². The largest absolute Gasteiger partial charge is 0.316 e. The molecule has 1 aromatic rings. The first-order valence-electron chi connectivity index (χ1n) is 7.26. The summed E-state index contributed by atoms with van der Waals surface area (Å²) < 4.78 is 0. The van der Waals surface area contributed by atoms with E-state index in [2.05, 4.69) is 19.6 Å². The minimum absolute atomic E-state index is 0.0589. The van der Waals surface area contributed by atoms with Crippen LogP contribution in [0.2, 0.25) is 0 Å². The summed E-state index contributed by atoms with van der Waals surface area (Å²) in [5, 5.41) is 0. The first kappa shape index (κ1) is 15.5. The van der Waals surface area contributed by atoms with E-state index < -0.39 is 0 Å². The van der Waals surface area contributed by atoms with Gasteiger partial charge in [0.2, 0.25) is 0 Å². The second-order valence-electron chi connectivity index (χ2n) is 4.74. The Morgan fingerprint density at radius 2 is 1.95 bits per heavy atom. The number of aryl methyl sites for hydroxylation is 1. The second-order valence-corrected chi connectivity index (χ2v) is 4.74. The van der Waals surface area contributed by atoms with E-state index in [9.17, 15) is 4.79 Å². The quantitative estimate of drug-likeness (QED) is 0.633. The van der Waals surface area contributed by atoms with Crippen LogP contribution in [0.25, 0.3) is 0 Å². The number of unbranched alkanes of at least 4 members (excludes halogenated alkanes) is 3. The Bertz CT molecular complexity index is 411. The summed E-state index contributed by atoms with van der Waals surface area (Å²) in [6.07, 6.45) is 7.48. The summed E-state index contributed by atoms with van der Waals surface area (Å²) in [5.41, 5.74) is 1.98. The molecule has 0 saturated carbocycles. The van der Waals surface area contributed by atoms with Gasteiger partial charge in [-0.2, -0.15) is 0 Å². The number of carbonyl (C=O) groups excluding carboxylic acids is 1. The maximum atomic E-state index is 12.4. The van der Waals surface area contributed by atoms with E-state index in [0.29, 0.717) is 6.54 Å². The van der Waals surface area contributed by atoms with Crippen molar-refractivity contribution >= 4 is 5.91 Å². The maximum absolute atomic E-state index is 12.4. The molecular weight excluding hydrogens is 234 g/mol. The Morgan fingerprint density at radius 3 is 2.58 bits per heavy atom. The molecule has 0 aliphatic rings. The topological polar surface area (TPSA) is 20.3 Å². The molecule has 0 heterocycles. The van der Waals surface area contributed by atoms with Crippen molar-refractivity contribution in [3.05, 3.63) is 48.2 Å². The third kappa shape index (κ3) is 4.55. The number of hydrogen-bond acceptors (Lipinski definition) is 1. The Balaban J connectivity index is 2.77. The molecule has 0 atom stereocenters. The fourth-order valence-corrected chi connectivity index (χ4v) is 2.20. The van der Waals surface area contributed by atoms with Gasteiger partial charge in [0.1, 0.15) is 0 Å². The highest BCUT2D eigenvalue weighted by molar-refractivity contribution is 5.96. The van der Waals surface area contributed by atoms with Crippen molar-refractivity contribution in [3.8, 4) is 0 Å². The van der Waals surface area contributed by atoms with Gasteiger partial charge in [0.05, 0.1) is 0 Å². The van der Waals surface area contributed by atoms with Gasteiger partial charge in [0.25, 0.3) is 5.91 Å². The molecule has 0 spiro atoms. The molecule has 0 radical (unpaired) electrons. The molecule has 0 fully saturated rings. The lowest BCUT2D eigenvalue weighted by Crippen LogP contribution is -2.26. The van der Waals surface area contributed by atoms with Crippen LogP contribution in [-0.4, -0.2) is 17.4 Å². The van der Waals surface area contributed by atoms with Gasteiger partial charge in [0.15, 0.2) is 0 Å². The Kier molecular flexibility index (Phi) is 6.94. The number of benzene rings is 1. The van der Waals surface area contributed by atoms with Crippen LogP contribution in [0, 0.1) is 0 Å². The molecule has 0 aromatic heterocycles. The van der Waals surface area contributed by atoms with Gasteiger partial charge in [-0.05, 0) is 37.6 Å². The van der Waals surface area contributed by atoms with Crippen LogP contribution in [0.1, 0.15) is 55.5 Å². The van der Waals surface area contributed by atoms with Crippen LogP contribution in [0.4, 0.5) is 0 Å². The molecule has 0 saturated heterocycles. The van der Waals surface area contributed by atoms with Gasteiger partial charge in [-0.1, -0.05) is 51.0 Å². The van der Waals surface area contributed by atoms with E-state index in [1.807, 2.05) is 25.1 Å². The first-order chi connectivity index (χ1) is 9.24. The van der Waals surface area contributed by atoms with Gasteiger partial charge in [-0.3, -0.25) is 4.79 Å². The van der Waals surface area contributed by atoms with E-state index in [-0.39, 0.29) is 5.91 Å². The van der Waals surface area contributed by atoms with Gasteiger partial charge < -0.3 is 4.90 Å². The highest BCUT2D eigenvalue weighted by Crippen LogP contribution is 2.15. The molecule has 104 valence electrons. The molecule has 0 aliphatic carbocycles. The van der Waals surface area contributed by atoms with Crippen molar-refractivity contribution < 1.29 is 4.79 Å². The van der Waals surface area contributed by atoms with Gasteiger partial charge >= 0.3 is 0 Å². The molecule has 1 aromatic carbocycles. The average molecular weight is 259 g/mol. The second kappa shape index (κ2) is 8.52. The van der Waals surface area contributed by atoms with Crippen molar-refractivity contribution in [3.63, 3.8) is 0 Å². The van der Waals surface area contributed by atoms with Crippen molar-refractivity contribution in [2.45, 2.75) is 46.0 Å². The zero-order valence-corrected chi connectivity index (χ0v) is 12.2. The zero-order valence-electron chi connectivity index (χ0n) is 12.2. The molecule has 19 heavy (non-hydrogen) atoms. The minimum atomic E-state index is 0.0589. The van der Waals surface area contributed by atoms with Crippen LogP contribution in [0.15, 0.2) is 37.0 Å². The summed E-state index contributed by atoms with van der Waals surface area (Å²) in [6.45, 7) is 8.53. The monoisotopic (exact) mass is 259 g/mol. The number of hydrogen-bond donors (Lipinski definition) is 0. The normalized spacial score (nSPS) is 10.2. The third-order valence-corrected chi connectivity index (χ3v) is 3.37. The number of nitrogens with zero attached hydrogens (tertiary/aromatic N) is 1. The van der Waals surface area contributed by atoms with Crippen molar-refractivity contribution in [1.82, 2.24) is 4.90 Å². The summed E-state index contributed by atoms with van der Waals surface area (Å²) in [4.78, 5) is 14.0. The predicted octanol–water partition coefficient (Wildman–Crippen LogP) is 4.42. The van der Waals surface area contributed by atoms with Crippen molar-refractivity contribution in [2.24, 2.45) is 0 Å². The summed E-state index contributed by atoms with van der Waals surface area (Å²) in [5.74, 6) is 0.0589. The summed E-state index contributed by atoms with van der Waals surface area (Å²) >= 11 is 0. The Hall–Kier alpha value is -1.57. The number of carbonyl (C=O) groups is 1. The highest BCUT2D eigenvalue weighted by Gasteiger charge is 2.14. The molecule has 0 unspecified atom stereocenters. The minimum Gasteiger partial charge on any atom is -0.316 e. The Labute approximate surface area is 117 Å². The fourth-order valence-electron chi connectivity index (χ4n) is 2.20. The average Bonchev–Trinajstić information content (AvgIpc) is 2.45. The standard InChI is InChI=1S/C17H25NO/c1-4-7-8-9-12-15-13-10-11-14-16(15)17(19)18(5-2)6-3/h5,10-11,13-14H,2,4,6-9,12H2,1,3H3. The molecule has 2 nitrogen and oxygen atoms in total. The van der Waals surface area contributed by atoms with Crippen LogP contribution in [-0.2, 0) is 6.42 Å². The smallest absolute Gasteiger partial charge is 0.258 e. The number of amides is 1. The molecule has 1 amide bonds. The molecular formula is C17H25NO. The van der Waals surface area contributed by atoms with E-state index >= 15 is 0 Å². The molecule has 0 N–H and O–H groups in total. The SMILES string of the molecule is C=CN(CC)C(=O)c1ccccc1CCCCCC. The van der Waals surface area contributed by atoms with E-state index in [4.69, 9.17) is 0 Å². The Morgan fingerprint density at radius 1 is 1.21 bits per heavy atom. The van der Waals surface area contributed by atoms with E-state index in [1.165, 1.54) is 19.3 Å². The van der Waals surface area contributed by atoms with Crippen LogP contribution in [0.5, 0.6) is 0 Å². The predicted molar refractivity (Wildman–Crippen MR) is 81.2 cm³/mol. The van der Waals surface area contributed by atoms with Gasteiger partial charge in [0, 0.05) is 12.1 Å². The lowest BCUT2D eigenvalue weighted by atomic mass is 10.00. The summed E-state index contributed by atoms with van der Waals surface area (Å²) in [6, 6.07) is 7.93. The lowest BCUT2D eigenvalue weighted by Gasteiger charge is -2.17. The fraction of sp³-hybridized carbons (Fsp3) is 0.471. The summed E-state index contributed by atoms with van der Waals surface area (Å²) in [7, 11) is 0. The third-order valence-electron chi connectivity index (χ3n) is 3.37. The molecule has 0 aliphatic heterocycles. The van der Waals surface area contributed by atoms with Crippen molar-refractivity contribution in [1.29, 1.82) is 0 Å². The zero-order chi connectivity index (χ0) is 14.1. The lowest BCUT2D eigenvalue weighted by molar-refractivity contribution is 0.0828. The molecule has 2 heteroatoms.